The van der Waals surface area contributed by atoms with Gasteiger partial charge in [0.15, 0.2) is 5.11 Å². The topological polar surface area (TPSA) is 76.2 Å². The molecule has 2 atom stereocenters. The maximum absolute atomic E-state index is 11.0. The summed E-state index contributed by atoms with van der Waals surface area (Å²) < 4.78 is 2.23. The van der Waals surface area contributed by atoms with Crippen molar-refractivity contribution >= 4 is 40.5 Å². The molecule has 0 spiro atoms. The quantitative estimate of drug-likeness (QED) is 0.125. The van der Waals surface area contributed by atoms with Gasteiger partial charge in [-0.1, -0.05) is 36.0 Å². The monoisotopic (exact) mass is 563 g/mol. The van der Waals surface area contributed by atoms with Crippen LogP contribution < -0.4 is 10.2 Å². The summed E-state index contributed by atoms with van der Waals surface area (Å²) >= 11 is 7.48. The van der Waals surface area contributed by atoms with E-state index >= 15 is 0 Å². The van der Waals surface area contributed by atoms with Crippen molar-refractivity contribution in [3.8, 4) is 5.69 Å². The highest BCUT2D eigenvalue weighted by molar-refractivity contribution is 7.99. The molecule has 0 radical (unpaired) electrons. The van der Waals surface area contributed by atoms with Crippen LogP contribution in [0, 0.1) is 17.0 Å². The SMILES string of the molecule is Cc1ccccc1-n1cccc1C1C(c2ccccn2)NC(=S)N1c1ccc(Sc2ccc([N+](=O)[O-])cc2)cc1. The highest BCUT2D eigenvalue weighted by Crippen LogP contribution is 2.43. The average Bonchev–Trinajstić information content (AvgIpc) is 3.59. The molecule has 7 nitrogen and oxygen atoms in total. The van der Waals surface area contributed by atoms with Gasteiger partial charge in [-0.3, -0.25) is 15.1 Å². The molecular formula is C31H25N5O2S2. The molecule has 40 heavy (non-hydrogen) atoms. The molecule has 0 aliphatic carbocycles. The number of aromatic nitrogens is 2. The number of anilines is 1. The van der Waals surface area contributed by atoms with Gasteiger partial charge in [0.05, 0.1) is 16.7 Å². The van der Waals surface area contributed by atoms with Crippen molar-refractivity contribution in [2.24, 2.45) is 0 Å². The number of rotatable bonds is 7. The van der Waals surface area contributed by atoms with Crippen molar-refractivity contribution < 1.29 is 4.92 Å². The number of aryl methyl sites for hydroxylation is 1. The lowest BCUT2D eigenvalue weighted by Gasteiger charge is -2.29. The van der Waals surface area contributed by atoms with Crippen molar-refractivity contribution in [3.63, 3.8) is 0 Å². The number of pyridine rings is 1. The molecule has 0 bridgehead atoms. The maximum atomic E-state index is 11.0. The van der Waals surface area contributed by atoms with E-state index in [9.17, 15) is 10.1 Å². The summed E-state index contributed by atoms with van der Waals surface area (Å²) in [7, 11) is 0. The molecule has 0 amide bonds. The minimum absolute atomic E-state index is 0.0821. The first-order chi connectivity index (χ1) is 19.5. The number of nitro groups is 1. The fraction of sp³-hybridized carbons (Fsp3) is 0.0968. The van der Waals surface area contributed by atoms with Gasteiger partial charge in [0.2, 0.25) is 0 Å². The Hall–Kier alpha value is -4.47. The summed E-state index contributed by atoms with van der Waals surface area (Å²) in [5, 5.41) is 15.2. The third kappa shape index (κ3) is 4.97. The first-order valence-electron chi connectivity index (χ1n) is 12.8. The molecule has 3 heterocycles. The summed E-state index contributed by atoms with van der Waals surface area (Å²) in [4.78, 5) is 19.4. The predicted molar refractivity (Wildman–Crippen MR) is 162 cm³/mol. The summed E-state index contributed by atoms with van der Waals surface area (Å²) in [6.07, 6.45) is 3.90. The largest absolute Gasteiger partial charge is 0.351 e. The third-order valence-corrected chi connectivity index (χ3v) is 8.28. The van der Waals surface area contributed by atoms with Crippen LogP contribution in [0.4, 0.5) is 11.4 Å². The van der Waals surface area contributed by atoms with Gasteiger partial charge in [-0.25, -0.2) is 0 Å². The van der Waals surface area contributed by atoms with Crippen LogP contribution in [0.5, 0.6) is 0 Å². The standard InChI is InChI=1S/C31H25N5O2S2/c1-21-7-2-3-9-27(21)34-20-6-10-28(34)30-29(26-8-4-5-19-32-26)33-31(39)35(30)22-11-15-24(16-12-22)40-25-17-13-23(14-18-25)36(37)38/h2-20,29-30H,1H3,(H,33,39). The van der Waals surface area contributed by atoms with E-state index in [1.165, 1.54) is 17.7 Å². The van der Waals surface area contributed by atoms with Crippen molar-refractivity contribution in [3.05, 3.63) is 143 Å². The minimum Gasteiger partial charge on any atom is -0.351 e. The van der Waals surface area contributed by atoms with Gasteiger partial charge in [0.1, 0.15) is 6.04 Å². The molecule has 1 N–H and O–H groups in total. The van der Waals surface area contributed by atoms with Crippen LogP contribution in [0.2, 0.25) is 0 Å². The first-order valence-corrected chi connectivity index (χ1v) is 14.0. The van der Waals surface area contributed by atoms with Gasteiger partial charge in [-0.15, -0.1) is 0 Å². The van der Waals surface area contributed by atoms with Gasteiger partial charge < -0.3 is 14.8 Å². The summed E-state index contributed by atoms with van der Waals surface area (Å²) in [5.41, 5.74) is 5.36. The smallest absolute Gasteiger partial charge is 0.269 e. The summed E-state index contributed by atoms with van der Waals surface area (Å²) in [6.45, 7) is 2.12. The molecule has 6 rings (SSSR count). The molecule has 1 fully saturated rings. The zero-order valence-corrected chi connectivity index (χ0v) is 23.2. The second-order valence-electron chi connectivity index (χ2n) is 9.43. The molecule has 9 heteroatoms. The van der Waals surface area contributed by atoms with Crippen LogP contribution >= 0.6 is 24.0 Å². The molecule has 3 aromatic carbocycles. The predicted octanol–water partition coefficient (Wildman–Crippen LogP) is 7.42. The third-order valence-electron chi connectivity index (χ3n) is 6.95. The van der Waals surface area contributed by atoms with E-state index < -0.39 is 0 Å². The van der Waals surface area contributed by atoms with Crippen molar-refractivity contribution in [2.45, 2.75) is 28.8 Å². The fourth-order valence-electron chi connectivity index (χ4n) is 5.07. The van der Waals surface area contributed by atoms with Crippen molar-refractivity contribution in [1.82, 2.24) is 14.9 Å². The number of hydrogen-bond acceptors (Lipinski definition) is 5. The number of hydrogen-bond donors (Lipinski definition) is 1. The Balaban J connectivity index is 1.36. The van der Waals surface area contributed by atoms with E-state index in [1.807, 2.05) is 30.5 Å². The Morgan fingerprint density at radius 1 is 0.900 bits per heavy atom. The Labute approximate surface area is 241 Å². The molecule has 1 saturated heterocycles. The molecule has 0 saturated carbocycles. The van der Waals surface area contributed by atoms with Crippen LogP contribution in [0.25, 0.3) is 5.69 Å². The van der Waals surface area contributed by atoms with E-state index in [0.29, 0.717) is 5.11 Å². The number of nitrogens with zero attached hydrogens (tertiary/aromatic N) is 4. The average molecular weight is 564 g/mol. The van der Waals surface area contributed by atoms with Gasteiger partial charge in [-0.2, -0.15) is 0 Å². The Kier molecular flexibility index (Phi) is 7.06. The lowest BCUT2D eigenvalue weighted by Crippen LogP contribution is -2.30. The summed E-state index contributed by atoms with van der Waals surface area (Å²) in [5.74, 6) is 0. The minimum atomic E-state index is -0.388. The molecule has 2 aromatic heterocycles. The van der Waals surface area contributed by atoms with E-state index in [4.69, 9.17) is 12.2 Å². The fourth-order valence-corrected chi connectivity index (χ4v) is 6.23. The first kappa shape index (κ1) is 25.8. The Bertz CT molecular complexity index is 1670. The van der Waals surface area contributed by atoms with E-state index in [0.717, 1.165) is 32.6 Å². The zero-order chi connectivity index (χ0) is 27.6. The van der Waals surface area contributed by atoms with Gasteiger partial charge in [0.25, 0.3) is 5.69 Å². The molecule has 1 aliphatic rings. The highest BCUT2D eigenvalue weighted by Gasteiger charge is 2.42. The van der Waals surface area contributed by atoms with Crippen LogP contribution in [-0.4, -0.2) is 19.6 Å². The molecule has 198 valence electrons. The molecule has 1 aliphatic heterocycles. The maximum Gasteiger partial charge on any atom is 0.269 e. The molecular weight excluding hydrogens is 539 g/mol. The van der Waals surface area contributed by atoms with Crippen LogP contribution in [0.3, 0.4) is 0 Å². The lowest BCUT2D eigenvalue weighted by atomic mass is 10.0. The normalized spacial score (nSPS) is 16.6. The van der Waals surface area contributed by atoms with Crippen LogP contribution in [-0.2, 0) is 0 Å². The zero-order valence-electron chi connectivity index (χ0n) is 21.5. The number of nitro benzene ring substituents is 1. The number of nitrogens with one attached hydrogen (secondary N) is 1. The number of thiocarbonyl (C=S) groups is 1. The Morgan fingerprint density at radius 2 is 1.60 bits per heavy atom. The molecule has 2 unspecified atom stereocenters. The highest BCUT2D eigenvalue weighted by atomic mass is 32.2. The van der Waals surface area contributed by atoms with Crippen molar-refractivity contribution in [2.75, 3.05) is 4.90 Å². The summed E-state index contributed by atoms with van der Waals surface area (Å²) in [6, 6.07) is 33.0. The van der Waals surface area contributed by atoms with Crippen LogP contribution in [0.15, 0.2) is 125 Å². The number of para-hydroxylation sites is 1. The van der Waals surface area contributed by atoms with Crippen molar-refractivity contribution in [1.29, 1.82) is 0 Å². The van der Waals surface area contributed by atoms with Gasteiger partial charge in [-0.05, 0) is 91.4 Å². The van der Waals surface area contributed by atoms with E-state index in [-0.39, 0.29) is 22.7 Å². The van der Waals surface area contributed by atoms with Gasteiger partial charge >= 0.3 is 0 Å². The van der Waals surface area contributed by atoms with Crippen LogP contribution in [0.1, 0.15) is 29.0 Å². The van der Waals surface area contributed by atoms with E-state index in [1.54, 1.807) is 23.9 Å². The molecule has 5 aromatic rings. The second-order valence-corrected chi connectivity index (χ2v) is 11.0. The van der Waals surface area contributed by atoms with Gasteiger partial charge in [0, 0.05) is 51.4 Å². The van der Waals surface area contributed by atoms with E-state index in [2.05, 4.69) is 87.5 Å². The second kappa shape index (κ2) is 11.0. The number of non-ortho nitro benzene ring substituents is 1. The number of benzene rings is 3. The lowest BCUT2D eigenvalue weighted by molar-refractivity contribution is -0.384. The Morgan fingerprint density at radius 3 is 2.27 bits per heavy atom.